The van der Waals surface area contributed by atoms with Crippen LogP contribution in [-0.2, 0) is 9.31 Å². The SMILES string of the molecule is CC1(C)OB(c2ccc(N(c3ccccc3)c3ccc(-c4ccc5ccccc5c4)cc3)cc2-c2ccccc2)OC1(C)C. The van der Waals surface area contributed by atoms with Gasteiger partial charge in [-0.15, -0.1) is 0 Å². The van der Waals surface area contributed by atoms with E-state index in [1.54, 1.807) is 0 Å². The molecule has 1 aliphatic heterocycles. The second-order valence-corrected chi connectivity index (χ2v) is 12.5. The highest BCUT2D eigenvalue weighted by Crippen LogP contribution is 2.40. The van der Waals surface area contributed by atoms with Crippen molar-refractivity contribution in [2.75, 3.05) is 4.90 Å². The topological polar surface area (TPSA) is 21.7 Å². The zero-order valence-corrected chi connectivity index (χ0v) is 25.7. The molecule has 0 saturated carbocycles. The van der Waals surface area contributed by atoms with E-state index in [-0.39, 0.29) is 0 Å². The first-order valence-corrected chi connectivity index (χ1v) is 15.3. The molecular weight excluding hydrogens is 537 g/mol. The van der Waals surface area contributed by atoms with E-state index >= 15 is 0 Å². The summed E-state index contributed by atoms with van der Waals surface area (Å²) in [4.78, 5) is 2.31. The Hall–Kier alpha value is -4.64. The van der Waals surface area contributed by atoms with Crippen molar-refractivity contribution in [2.45, 2.75) is 38.9 Å². The molecule has 1 aliphatic rings. The van der Waals surface area contributed by atoms with Gasteiger partial charge in [0.25, 0.3) is 0 Å². The number of rotatable bonds is 6. The summed E-state index contributed by atoms with van der Waals surface area (Å²) in [6, 6.07) is 51.7. The largest absolute Gasteiger partial charge is 0.495 e. The molecule has 1 fully saturated rings. The van der Waals surface area contributed by atoms with E-state index in [4.69, 9.17) is 9.31 Å². The van der Waals surface area contributed by atoms with Crippen LogP contribution in [0, 0.1) is 0 Å². The van der Waals surface area contributed by atoms with Crippen LogP contribution in [0.15, 0.2) is 146 Å². The third-order valence-corrected chi connectivity index (χ3v) is 9.11. The van der Waals surface area contributed by atoms with Gasteiger partial charge in [-0.25, -0.2) is 0 Å². The van der Waals surface area contributed by atoms with Gasteiger partial charge >= 0.3 is 7.12 Å². The van der Waals surface area contributed by atoms with Crippen molar-refractivity contribution in [3.05, 3.63) is 146 Å². The molecule has 0 aliphatic carbocycles. The molecule has 4 heteroatoms. The van der Waals surface area contributed by atoms with Gasteiger partial charge < -0.3 is 14.2 Å². The number of fused-ring (bicyclic) bond motifs is 1. The van der Waals surface area contributed by atoms with E-state index in [1.165, 1.54) is 21.9 Å². The first kappa shape index (κ1) is 28.2. The van der Waals surface area contributed by atoms with Crippen LogP contribution in [0.2, 0.25) is 0 Å². The number of anilines is 3. The molecule has 0 radical (unpaired) electrons. The van der Waals surface area contributed by atoms with Crippen LogP contribution < -0.4 is 10.4 Å². The zero-order valence-electron chi connectivity index (χ0n) is 25.7. The molecule has 1 saturated heterocycles. The molecule has 0 bridgehead atoms. The molecule has 0 aromatic heterocycles. The lowest BCUT2D eigenvalue weighted by molar-refractivity contribution is 0.00578. The fourth-order valence-electron chi connectivity index (χ4n) is 5.92. The van der Waals surface area contributed by atoms with E-state index in [1.807, 2.05) is 0 Å². The van der Waals surface area contributed by atoms with Gasteiger partial charge in [-0.2, -0.15) is 0 Å². The number of hydrogen-bond acceptors (Lipinski definition) is 3. The minimum Gasteiger partial charge on any atom is -0.399 e. The Morgan fingerprint density at radius 2 is 1.00 bits per heavy atom. The minimum atomic E-state index is -0.462. The summed E-state index contributed by atoms with van der Waals surface area (Å²) in [6.07, 6.45) is 0. The van der Waals surface area contributed by atoms with E-state index in [9.17, 15) is 0 Å². The van der Waals surface area contributed by atoms with Gasteiger partial charge in [0.05, 0.1) is 11.2 Å². The van der Waals surface area contributed by atoms with Crippen molar-refractivity contribution in [1.82, 2.24) is 0 Å². The maximum absolute atomic E-state index is 6.53. The van der Waals surface area contributed by atoms with Crippen molar-refractivity contribution >= 4 is 40.4 Å². The fourth-order valence-corrected chi connectivity index (χ4v) is 5.92. The van der Waals surface area contributed by atoms with Crippen molar-refractivity contribution in [1.29, 1.82) is 0 Å². The summed E-state index contributed by atoms with van der Waals surface area (Å²) in [5.74, 6) is 0. The molecule has 44 heavy (non-hydrogen) atoms. The second-order valence-electron chi connectivity index (χ2n) is 12.5. The van der Waals surface area contributed by atoms with E-state index in [0.29, 0.717) is 0 Å². The molecule has 0 amide bonds. The Bertz CT molecular complexity index is 1900. The van der Waals surface area contributed by atoms with Gasteiger partial charge in [-0.3, -0.25) is 0 Å². The van der Waals surface area contributed by atoms with Gasteiger partial charge in [0.15, 0.2) is 0 Å². The first-order valence-electron chi connectivity index (χ1n) is 15.3. The number of hydrogen-bond donors (Lipinski definition) is 0. The Balaban J connectivity index is 1.32. The summed E-state index contributed by atoms with van der Waals surface area (Å²) in [6.45, 7) is 8.40. The highest BCUT2D eigenvalue weighted by molar-refractivity contribution is 6.64. The Morgan fingerprint density at radius 1 is 0.455 bits per heavy atom. The van der Waals surface area contributed by atoms with E-state index in [0.717, 1.165) is 33.7 Å². The Labute approximate surface area is 260 Å². The Morgan fingerprint density at radius 3 is 1.68 bits per heavy atom. The van der Waals surface area contributed by atoms with Gasteiger partial charge in [0.1, 0.15) is 0 Å². The van der Waals surface area contributed by atoms with Crippen LogP contribution >= 0.6 is 0 Å². The maximum atomic E-state index is 6.53. The quantitative estimate of drug-likeness (QED) is 0.185. The lowest BCUT2D eigenvalue weighted by atomic mass is 9.74. The molecule has 1 heterocycles. The molecule has 216 valence electrons. The number of nitrogens with zero attached hydrogens (tertiary/aromatic N) is 1. The van der Waals surface area contributed by atoms with Crippen molar-refractivity contribution < 1.29 is 9.31 Å². The van der Waals surface area contributed by atoms with Gasteiger partial charge in [0, 0.05) is 17.1 Å². The molecular formula is C40H36BNO2. The predicted molar refractivity (Wildman–Crippen MR) is 185 cm³/mol. The summed E-state index contributed by atoms with van der Waals surface area (Å²) < 4.78 is 13.1. The molecule has 0 atom stereocenters. The van der Waals surface area contributed by atoms with Crippen molar-refractivity contribution in [2.24, 2.45) is 0 Å². The maximum Gasteiger partial charge on any atom is 0.495 e. The molecule has 0 N–H and O–H groups in total. The van der Waals surface area contributed by atoms with Crippen molar-refractivity contribution in [3.8, 4) is 22.3 Å². The highest BCUT2D eigenvalue weighted by atomic mass is 16.7. The van der Waals surface area contributed by atoms with Gasteiger partial charge in [-0.1, -0.05) is 103 Å². The predicted octanol–water partition coefficient (Wildman–Crippen LogP) is 9.94. The summed E-state index contributed by atoms with van der Waals surface area (Å²) in [7, 11) is -0.462. The number of benzene rings is 6. The minimum absolute atomic E-state index is 0.423. The summed E-state index contributed by atoms with van der Waals surface area (Å²) in [5, 5.41) is 2.50. The third-order valence-electron chi connectivity index (χ3n) is 9.11. The summed E-state index contributed by atoms with van der Waals surface area (Å²) >= 11 is 0. The van der Waals surface area contributed by atoms with Crippen LogP contribution in [-0.4, -0.2) is 18.3 Å². The molecule has 3 nitrogen and oxygen atoms in total. The summed E-state index contributed by atoms with van der Waals surface area (Å²) in [5.41, 5.74) is 8.03. The molecule has 0 spiro atoms. The van der Waals surface area contributed by atoms with Crippen LogP contribution in [0.1, 0.15) is 27.7 Å². The molecule has 7 rings (SSSR count). The zero-order chi connectivity index (χ0) is 30.3. The normalized spacial score (nSPS) is 15.4. The standard InChI is InChI=1S/C40H36BNO2/c1-39(2)40(3,4)44-41(43-39)38-26-25-36(28-37(38)31-14-7-5-8-15-31)42(34-17-9-6-10-18-34)35-23-21-30(22-24-35)33-20-19-29-13-11-12-16-32(29)27-33/h5-28H,1-4H3. The van der Waals surface area contributed by atoms with Gasteiger partial charge in [-0.05, 0) is 109 Å². The first-order chi connectivity index (χ1) is 21.3. The lowest BCUT2D eigenvalue weighted by Gasteiger charge is -2.32. The smallest absolute Gasteiger partial charge is 0.399 e. The second kappa shape index (κ2) is 11.1. The number of para-hydroxylation sites is 1. The molecule has 0 unspecified atom stereocenters. The van der Waals surface area contributed by atoms with E-state index in [2.05, 4.69) is 178 Å². The van der Waals surface area contributed by atoms with Crippen LogP contribution in [0.5, 0.6) is 0 Å². The molecule has 6 aromatic carbocycles. The highest BCUT2D eigenvalue weighted by Gasteiger charge is 2.52. The van der Waals surface area contributed by atoms with Crippen LogP contribution in [0.25, 0.3) is 33.0 Å². The third kappa shape index (κ3) is 5.21. The molecule has 6 aromatic rings. The van der Waals surface area contributed by atoms with Crippen molar-refractivity contribution in [3.63, 3.8) is 0 Å². The fraction of sp³-hybridized carbons (Fsp3) is 0.150. The monoisotopic (exact) mass is 573 g/mol. The van der Waals surface area contributed by atoms with Crippen LogP contribution in [0.4, 0.5) is 17.1 Å². The average molecular weight is 574 g/mol. The average Bonchev–Trinajstić information content (AvgIpc) is 3.28. The van der Waals surface area contributed by atoms with Crippen LogP contribution in [0.3, 0.4) is 0 Å². The lowest BCUT2D eigenvalue weighted by Crippen LogP contribution is -2.41. The van der Waals surface area contributed by atoms with Gasteiger partial charge in [0.2, 0.25) is 0 Å². The Kier molecular flexibility index (Phi) is 7.12. The van der Waals surface area contributed by atoms with E-state index < -0.39 is 18.3 Å².